The Morgan fingerprint density at radius 1 is 1.15 bits per heavy atom. The number of carboxylic acid groups (broad SMARTS) is 3. The van der Waals surface area contributed by atoms with E-state index in [9.17, 15) is 14.4 Å². The van der Waals surface area contributed by atoms with Gasteiger partial charge in [-0.2, -0.15) is 0 Å². The first-order chi connectivity index (χ1) is 9.26. The minimum Gasteiger partial charge on any atom is -0.481 e. The zero-order chi connectivity index (χ0) is 16.1. The van der Waals surface area contributed by atoms with Crippen LogP contribution in [0.2, 0.25) is 0 Å². The number of nitrogens with two attached hydrogens (primary N) is 1. The Labute approximate surface area is 116 Å². The number of carbonyl (C=O) groups is 3. The number of carboxylic acids is 3. The number of rotatable bonds is 9. The van der Waals surface area contributed by atoms with Crippen LogP contribution in [0.15, 0.2) is 0 Å². The molecule has 118 valence electrons. The summed E-state index contributed by atoms with van der Waals surface area (Å²) in [4.78, 5) is 30.0. The van der Waals surface area contributed by atoms with Gasteiger partial charge in [0.2, 0.25) is 0 Å². The van der Waals surface area contributed by atoms with Gasteiger partial charge >= 0.3 is 17.9 Å². The third-order valence-electron chi connectivity index (χ3n) is 2.07. The predicted molar refractivity (Wildman–Crippen MR) is 69.3 cm³/mol. The molecule has 2 unspecified atom stereocenters. The maximum Gasteiger partial charge on any atom is 0.321 e. The summed E-state index contributed by atoms with van der Waals surface area (Å²) >= 11 is 0. The van der Waals surface area contributed by atoms with Gasteiger partial charge in [0, 0.05) is 6.61 Å². The van der Waals surface area contributed by atoms with Crippen LogP contribution in [0, 0.1) is 0 Å². The first-order valence-electron chi connectivity index (χ1n) is 6.03. The average molecular weight is 294 g/mol. The van der Waals surface area contributed by atoms with Crippen molar-refractivity contribution < 1.29 is 34.8 Å². The lowest BCUT2D eigenvalue weighted by Gasteiger charge is -2.11. The van der Waals surface area contributed by atoms with Crippen molar-refractivity contribution in [3.8, 4) is 0 Å². The molecule has 0 rings (SSSR count). The summed E-state index contributed by atoms with van der Waals surface area (Å²) in [6.07, 6.45) is 0.639. The number of hydrogen-bond acceptors (Lipinski definition) is 6. The minimum atomic E-state index is -1.29. The molecular weight excluding hydrogens is 272 g/mol. The molecule has 9 heteroatoms. The van der Waals surface area contributed by atoms with Crippen LogP contribution in [0.4, 0.5) is 0 Å². The van der Waals surface area contributed by atoms with Crippen LogP contribution in [0.5, 0.6) is 0 Å². The molecule has 0 aromatic carbocycles. The average Bonchev–Trinajstić information content (AvgIpc) is 2.34. The fourth-order valence-corrected chi connectivity index (χ4v) is 1.04. The molecule has 7 N–H and O–H groups in total. The molecular formula is C11H22N2O7. The maximum absolute atomic E-state index is 10.4. The highest BCUT2D eigenvalue weighted by Gasteiger charge is 2.15. The van der Waals surface area contributed by atoms with Crippen molar-refractivity contribution >= 4 is 17.9 Å². The van der Waals surface area contributed by atoms with Crippen LogP contribution >= 0.6 is 0 Å². The highest BCUT2D eigenvalue weighted by atomic mass is 16.4. The number of hydrogen-bond donors (Lipinski definition) is 6. The summed E-state index contributed by atoms with van der Waals surface area (Å²) in [5.41, 5.74) is 4.84. The van der Waals surface area contributed by atoms with E-state index in [1.54, 1.807) is 0 Å². The Hall–Kier alpha value is -1.71. The van der Waals surface area contributed by atoms with Gasteiger partial charge in [0.05, 0.1) is 6.42 Å². The number of aliphatic hydroxyl groups is 1. The molecule has 0 saturated carbocycles. The van der Waals surface area contributed by atoms with E-state index in [-0.39, 0.29) is 13.0 Å². The molecule has 0 aliphatic rings. The Balaban J connectivity index is 0. The Bertz CT molecular complexity index is 309. The second-order valence-electron chi connectivity index (χ2n) is 3.90. The van der Waals surface area contributed by atoms with Gasteiger partial charge in [0.1, 0.15) is 12.1 Å². The molecule has 2 atom stereocenters. The largest absolute Gasteiger partial charge is 0.481 e. The van der Waals surface area contributed by atoms with Gasteiger partial charge in [-0.1, -0.05) is 6.92 Å². The lowest BCUT2D eigenvalue weighted by molar-refractivity contribution is -0.144. The molecule has 0 spiro atoms. The van der Waals surface area contributed by atoms with Crippen molar-refractivity contribution in [3.63, 3.8) is 0 Å². The Kier molecular flexibility index (Phi) is 12.7. The van der Waals surface area contributed by atoms with E-state index in [4.69, 9.17) is 26.2 Å². The van der Waals surface area contributed by atoms with Crippen LogP contribution in [0.1, 0.15) is 26.2 Å². The van der Waals surface area contributed by atoms with Crippen molar-refractivity contribution in [2.24, 2.45) is 5.73 Å². The number of aliphatic hydroxyl groups excluding tert-OH is 1. The molecule has 0 radical (unpaired) electrons. The van der Waals surface area contributed by atoms with Gasteiger partial charge < -0.3 is 31.5 Å². The standard InChI is InChI=1S/C7H15NO3.C4H7NO4/c1-2-4-8-6(3-5-9)7(10)11;5-2(4(8)9)1-3(6)7/h6,8-9H,2-5H2,1H3,(H,10,11);2H,1,5H2,(H,6,7)(H,8,9). The fourth-order valence-electron chi connectivity index (χ4n) is 1.04. The quantitative estimate of drug-likeness (QED) is 0.302. The van der Waals surface area contributed by atoms with E-state index in [0.29, 0.717) is 6.54 Å². The molecule has 0 saturated heterocycles. The van der Waals surface area contributed by atoms with Crippen molar-refractivity contribution in [1.82, 2.24) is 5.32 Å². The summed E-state index contributed by atoms with van der Waals surface area (Å²) in [5, 5.41) is 35.9. The van der Waals surface area contributed by atoms with Crippen LogP contribution in [0.25, 0.3) is 0 Å². The van der Waals surface area contributed by atoms with E-state index in [2.05, 4.69) is 5.32 Å². The molecule has 0 fully saturated rings. The van der Waals surface area contributed by atoms with E-state index in [1.807, 2.05) is 6.92 Å². The van der Waals surface area contributed by atoms with Crippen molar-refractivity contribution in [3.05, 3.63) is 0 Å². The Morgan fingerprint density at radius 3 is 1.95 bits per heavy atom. The summed E-state index contributed by atoms with van der Waals surface area (Å²) < 4.78 is 0. The van der Waals surface area contributed by atoms with Gasteiger partial charge in [-0.15, -0.1) is 0 Å². The zero-order valence-electron chi connectivity index (χ0n) is 11.3. The minimum absolute atomic E-state index is 0.0896. The van der Waals surface area contributed by atoms with Crippen LogP contribution in [-0.2, 0) is 14.4 Å². The Morgan fingerprint density at radius 2 is 1.70 bits per heavy atom. The van der Waals surface area contributed by atoms with E-state index in [0.717, 1.165) is 6.42 Å². The molecule has 0 amide bonds. The third-order valence-corrected chi connectivity index (χ3v) is 2.07. The number of aliphatic carboxylic acids is 3. The van der Waals surface area contributed by atoms with Gasteiger partial charge in [-0.25, -0.2) is 0 Å². The molecule has 20 heavy (non-hydrogen) atoms. The van der Waals surface area contributed by atoms with Crippen LogP contribution in [-0.4, -0.2) is 63.6 Å². The van der Waals surface area contributed by atoms with Crippen LogP contribution in [0.3, 0.4) is 0 Å². The molecule has 9 nitrogen and oxygen atoms in total. The second kappa shape index (κ2) is 12.3. The van der Waals surface area contributed by atoms with Gasteiger partial charge in [0.15, 0.2) is 0 Å². The fraction of sp³-hybridized carbons (Fsp3) is 0.727. The van der Waals surface area contributed by atoms with E-state index >= 15 is 0 Å². The summed E-state index contributed by atoms with van der Waals surface area (Å²) in [6, 6.07) is -1.89. The summed E-state index contributed by atoms with van der Waals surface area (Å²) in [7, 11) is 0. The van der Waals surface area contributed by atoms with Crippen LogP contribution < -0.4 is 11.1 Å². The smallest absolute Gasteiger partial charge is 0.321 e. The lowest BCUT2D eigenvalue weighted by atomic mass is 10.2. The van der Waals surface area contributed by atoms with Crippen molar-refractivity contribution in [1.29, 1.82) is 0 Å². The lowest BCUT2D eigenvalue weighted by Crippen LogP contribution is -2.37. The van der Waals surface area contributed by atoms with Crippen molar-refractivity contribution in [2.75, 3.05) is 13.2 Å². The van der Waals surface area contributed by atoms with E-state index in [1.165, 1.54) is 0 Å². The normalized spacial score (nSPS) is 12.8. The molecule has 0 aliphatic carbocycles. The van der Waals surface area contributed by atoms with Gasteiger partial charge in [-0.05, 0) is 19.4 Å². The second-order valence-corrected chi connectivity index (χ2v) is 3.90. The molecule has 0 heterocycles. The summed E-state index contributed by atoms with van der Waals surface area (Å²) in [6.45, 7) is 2.55. The zero-order valence-corrected chi connectivity index (χ0v) is 11.3. The molecule has 0 bridgehead atoms. The SMILES string of the molecule is CCCNC(CCO)C(=O)O.NC(CC(=O)O)C(=O)O. The summed E-state index contributed by atoms with van der Waals surface area (Å²) in [5.74, 6) is -3.39. The predicted octanol–water partition coefficient (Wildman–Crippen LogP) is -1.31. The van der Waals surface area contributed by atoms with Gasteiger partial charge in [-0.3, -0.25) is 14.4 Å². The topological polar surface area (TPSA) is 170 Å². The molecule has 0 aromatic heterocycles. The highest BCUT2D eigenvalue weighted by Crippen LogP contribution is 1.90. The first-order valence-corrected chi connectivity index (χ1v) is 6.03. The van der Waals surface area contributed by atoms with Crippen molar-refractivity contribution in [2.45, 2.75) is 38.3 Å². The molecule has 0 aliphatic heterocycles. The third kappa shape index (κ3) is 12.7. The number of nitrogens with one attached hydrogen (secondary N) is 1. The van der Waals surface area contributed by atoms with E-state index < -0.39 is 36.4 Å². The van der Waals surface area contributed by atoms with Gasteiger partial charge in [0.25, 0.3) is 0 Å². The highest BCUT2D eigenvalue weighted by molar-refractivity contribution is 5.80. The monoisotopic (exact) mass is 294 g/mol. The molecule has 0 aromatic rings. The maximum atomic E-state index is 10.4. The first kappa shape index (κ1) is 20.6.